The minimum atomic E-state index is -4.46. The number of esters is 1. The fourth-order valence-electron chi connectivity index (χ4n) is 2.44. The molecule has 1 aromatic rings. The molecule has 27 heavy (non-hydrogen) atoms. The molecular weight excluding hydrogens is 369 g/mol. The number of amides is 2. The van der Waals surface area contributed by atoms with Crippen molar-refractivity contribution < 1.29 is 37.3 Å². The van der Waals surface area contributed by atoms with Crippen LogP contribution in [0.15, 0.2) is 36.4 Å². The molecule has 0 saturated heterocycles. The van der Waals surface area contributed by atoms with E-state index in [1.54, 1.807) is 12.2 Å². The van der Waals surface area contributed by atoms with E-state index in [0.29, 0.717) is 0 Å². The molecule has 3 atom stereocenters. The maximum absolute atomic E-state index is 12.5. The monoisotopic (exact) mass is 388 g/mol. The first-order chi connectivity index (χ1) is 12.7. The maximum Gasteiger partial charge on any atom is 0.416 e. The van der Waals surface area contributed by atoms with Crippen LogP contribution in [-0.4, -0.2) is 49.1 Å². The van der Waals surface area contributed by atoms with Crippen molar-refractivity contribution in [2.75, 3.05) is 19.0 Å². The molecule has 0 aromatic heterocycles. The number of anilines is 1. The lowest BCUT2D eigenvalue weighted by Gasteiger charge is -2.31. The largest absolute Gasteiger partial charge is 0.469 e. The van der Waals surface area contributed by atoms with Gasteiger partial charge >= 0.3 is 18.2 Å². The van der Waals surface area contributed by atoms with E-state index in [9.17, 15) is 27.9 Å². The normalized spacial score (nSPS) is 22.2. The van der Waals surface area contributed by atoms with Gasteiger partial charge in [0, 0.05) is 5.69 Å². The van der Waals surface area contributed by atoms with Gasteiger partial charge in [-0.15, -0.1) is 0 Å². The lowest BCUT2D eigenvalue weighted by atomic mass is 10.1. The third-order valence-corrected chi connectivity index (χ3v) is 3.83. The number of alkyl halides is 3. The highest BCUT2D eigenvalue weighted by atomic mass is 19.4. The molecule has 1 aromatic carbocycles. The van der Waals surface area contributed by atoms with Crippen molar-refractivity contribution in [1.29, 1.82) is 0 Å². The summed E-state index contributed by atoms with van der Waals surface area (Å²) in [5.74, 6) is -0.479. The Morgan fingerprint density at radius 3 is 2.44 bits per heavy atom. The summed E-state index contributed by atoms with van der Waals surface area (Å²) in [7, 11) is 1.24. The average molecular weight is 388 g/mol. The summed E-state index contributed by atoms with van der Waals surface area (Å²) in [6.45, 7) is -0.409. The fourth-order valence-corrected chi connectivity index (χ4v) is 2.44. The molecule has 1 aliphatic heterocycles. The highest BCUT2D eigenvalue weighted by Crippen LogP contribution is 2.29. The summed E-state index contributed by atoms with van der Waals surface area (Å²) >= 11 is 0. The predicted octanol–water partition coefficient (Wildman–Crippen LogP) is 2.07. The second kappa shape index (κ2) is 8.87. The minimum Gasteiger partial charge on any atom is -0.469 e. The number of halogens is 3. The van der Waals surface area contributed by atoms with Crippen LogP contribution >= 0.6 is 0 Å². The molecule has 0 fully saturated rings. The lowest BCUT2D eigenvalue weighted by Crippen LogP contribution is -2.49. The van der Waals surface area contributed by atoms with Gasteiger partial charge in [0.2, 0.25) is 0 Å². The van der Waals surface area contributed by atoms with E-state index in [1.165, 1.54) is 7.11 Å². The molecule has 1 aliphatic rings. The topological polar surface area (TPSA) is 96.9 Å². The molecule has 148 valence electrons. The zero-order valence-corrected chi connectivity index (χ0v) is 14.3. The Bertz CT molecular complexity index is 691. The molecule has 0 aliphatic carbocycles. The van der Waals surface area contributed by atoms with Gasteiger partial charge in [0.1, 0.15) is 6.10 Å². The Balaban J connectivity index is 1.94. The van der Waals surface area contributed by atoms with E-state index >= 15 is 0 Å². The van der Waals surface area contributed by atoms with Crippen LogP contribution in [0.3, 0.4) is 0 Å². The van der Waals surface area contributed by atoms with E-state index < -0.39 is 48.6 Å². The number of rotatable bonds is 5. The second-order valence-electron chi connectivity index (χ2n) is 5.76. The zero-order valence-electron chi connectivity index (χ0n) is 14.3. The van der Waals surface area contributed by atoms with Gasteiger partial charge in [-0.25, -0.2) is 4.79 Å². The molecule has 3 N–H and O–H groups in total. The van der Waals surface area contributed by atoms with Gasteiger partial charge in [-0.2, -0.15) is 13.2 Å². The molecule has 1 heterocycles. The molecule has 10 heteroatoms. The van der Waals surface area contributed by atoms with Gasteiger partial charge in [-0.1, -0.05) is 12.2 Å². The Labute approximate surface area is 153 Å². The SMILES string of the molecule is COC(=O)C[C@@H]1C=C[C@H](NC(=O)Nc2ccc(C(F)(F)F)cc2)[C@H](CO)O1. The number of nitrogens with one attached hydrogen (secondary N) is 2. The number of hydrogen-bond donors (Lipinski definition) is 3. The minimum absolute atomic E-state index is 0.0338. The number of methoxy groups -OCH3 is 1. The van der Waals surface area contributed by atoms with Crippen molar-refractivity contribution in [1.82, 2.24) is 5.32 Å². The molecule has 0 spiro atoms. The molecular formula is C17H19F3N2O5. The van der Waals surface area contributed by atoms with E-state index in [-0.39, 0.29) is 12.1 Å². The molecule has 0 saturated carbocycles. The van der Waals surface area contributed by atoms with Gasteiger partial charge in [0.25, 0.3) is 0 Å². The van der Waals surface area contributed by atoms with Gasteiger partial charge in [0.05, 0.1) is 37.8 Å². The van der Waals surface area contributed by atoms with Crippen LogP contribution in [0, 0.1) is 0 Å². The summed E-state index contributed by atoms with van der Waals surface area (Å²) in [6, 6.07) is 2.61. The first kappa shape index (κ1) is 20.7. The van der Waals surface area contributed by atoms with Gasteiger partial charge < -0.3 is 25.2 Å². The van der Waals surface area contributed by atoms with Crippen molar-refractivity contribution in [2.24, 2.45) is 0 Å². The third kappa shape index (κ3) is 5.97. The van der Waals surface area contributed by atoms with Crippen LogP contribution < -0.4 is 10.6 Å². The quantitative estimate of drug-likeness (QED) is 0.530. The van der Waals surface area contributed by atoms with E-state index in [2.05, 4.69) is 15.4 Å². The molecule has 2 rings (SSSR count). The number of carbonyl (C=O) groups excluding carboxylic acids is 2. The van der Waals surface area contributed by atoms with Gasteiger partial charge in [-0.3, -0.25) is 4.79 Å². The Kier molecular flexibility index (Phi) is 6.81. The van der Waals surface area contributed by atoms with E-state index in [1.807, 2.05) is 0 Å². The van der Waals surface area contributed by atoms with Crippen LogP contribution in [-0.2, 0) is 20.4 Å². The first-order valence-corrected chi connectivity index (χ1v) is 7.99. The molecule has 0 unspecified atom stereocenters. The smallest absolute Gasteiger partial charge is 0.416 e. The van der Waals surface area contributed by atoms with Crippen LogP contribution in [0.2, 0.25) is 0 Å². The third-order valence-electron chi connectivity index (χ3n) is 3.83. The van der Waals surface area contributed by atoms with Gasteiger partial charge in [0.15, 0.2) is 0 Å². The number of ether oxygens (including phenoxy) is 2. The molecule has 0 bridgehead atoms. The number of carbonyl (C=O) groups is 2. The highest BCUT2D eigenvalue weighted by molar-refractivity contribution is 5.89. The number of hydrogen-bond acceptors (Lipinski definition) is 5. The van der Waals surface area contributed by atoms with Crippen molar-refractivity contribution in [3.63, 3.8) is 0 Å². The summed E-state index contributed by atoms with van der Waals surface area (Å²) in [4.78, 5) is 23.3. The van der Waals surface area contributed by atoms with E-state index in [4.69, 9.17) is 4.74 Å². The first-order valence-electron chi connectivity index (χ1n) is 7.99. The van der Waals surface area contributed by atoms with E-state index in [0.717, 1.165) is 24.3 Å². The second-order valence-corrected chi connectivity index (χ2v) is 5.76. The number of benzene rings is 1. The van der Waals surface area contributed by atoms with Crippen molar-refractivity contribution in [3.05, 3.63) is 42.0 Å². The lowest BCUT2D eigenvalue weighted by molar-refractivity contribution is -0.145. The summed E-state index contributed by atoms with van der Waals surface area (Å²) in [5.41, 5.74) is -0.653. The number of urea groups is 1. The fraction of sp³-hybridized carbons (Fsp3) is 0.412. The van der Waals surface area contributed by atoms with Crippen LogP contribution in [0.5, 0.6) is 0 Å². The molecule has 7 nitrogen and oxygen atoms in total. The van der Waals surface area contributed by atoms with Crippen LogP contribution in [0.1, 0.15) is 12.0 Å². The predicted molar refractivity (Wildman–Crippen MR) is 88.9 cm³/mol. The van der Waals surface area contributed by atoms with Crippen LogP contribution in [0.4, 0.5) is 23.7 Å². The summed E-state index contributed by atoms with van der Waals surface area (Å²) < 4.78 is 47.7. The van der Waals surface area contributed by atoms with Crippen LogP contribution in [0.25, 0.3) is 0 Å². The standard InChI is InChI=1S/C17H19F3N2O5/c1-26-15(24)8-12-6-7-13(14(9-23)27-12)22-16(25)21-11-4-2-10(3-5-11)17(18,19)20/h2-7,12-14,23H,8-9H2,1H3,(H2,21,22,25)/t12-,13-,14-/m0/s1. The Morgan fingerprint density at radius 2 is 1.89 bits per heavy atom. The summed E-state index contributed by atoms with van der Waals surface area (Å²) in [5, 5.41) is 14.4. The molecule has 0 radical (unpaired) electrons. The number of aliphatic hydroxyl groups is 1. The summed E-state index contributed by atoms with van der Waals surface area (Å²) in [6.07, 6.45) is -2.74. The Morgan fingerprint density at radius 1 is 1.22 bits per heavy atom. The van der Waals surface area contributed by atoms with Crippen molar-refractivity contribution >= 4 is 17.7 Å². The Hall–Kier alpha value is -2.59. The average Bonchev–Trinajstić information content (AvgIpc) is 2.62. The molecule has 2 amide bonds. The van der Waals surface area contributed by atoms with Gasteiger partial charge in [-0.05, 0) is 24.3 Å². The van der Waals surface area contributed by atoms with Crippen molar-refractivity contribution in [2.45, 2.75) is 30.8 Å². The number of aliphatic hydroxyl groups excluding tert-OH is 1. The zero-order chi connectivity index (χ0) is 20.0. The highest BCUT2D eigenvalue weighted by Gasteiger charge is 2.31. The van der Waals surface area contributed by atoms with Crippen molar-refractivity contribution in [3.8, 4) is 0 Å². The maximum atomic E-state index is 12.5.